The highest BCUT2D eigenvalue weighted by molar-refractivity contribution is 5.96. The standard InChI is InChI=1S/C24H34N2O4/c1-3-30-20-14-13-17(15-21(20)29-2)23-24(28)25(18-9-5-4-6-10-18)16-22(27)26(23)19-11-7-8-12-19/h13-15,18-19,23H,3-12,16H2,1-2H3/t23-/m0/s1. The summed E-state index contributed by atoms with van der Waals surface area (Å²) in [6.07, 6.45) is 9.69. The van der Waals surface area contributed by atoms with E-state index >= 15 is 0 Å². The monoisotopic (exact) mass is 414 g/mol. The van der Waals surface area contributed by atoms with Gasteiger partial charge in [-0.1, -0.05) is 38.2 Å². The van der Waals surface area contributed by atoms with Gasteiger partial charge in [-0.2, -0.15) is 0 Å². The van der Waals surface area contributed by atoms with Gasteiger partial charge in [0.15, 0.2) is 11.5 Å². The summed E-state index contributed by atoms with van der Waals surface area (Å²) in [4.78, 5) is 30.9. The topological polar surface area (TPSA) is 59.1 Å². The number of ether oxygens (including phenoxy) is 2. The summed E-state index contributed by atoms with van der Waals surface area (Å²) in [6, 6.07) is 5.44. The van der Waals surface area contributed by atoms with Crippen LogP contribution in [0.2, 0.25) is 0 Å². The molecule has 1 aromatic carbocycles. The number of amides is 2. The van der Waals surface area contributed by atoms with Gasteiger partial charge in [0.05, 0.1) is 13.7 Å². The minimum Gasteiger partial charge on any atom is -0.493 e. The van der Waals surface area contributed by atoms with Gasteiger partial charge < -0.3 is 19.3 Å². The Balaban J connectivity index is 1.70. The van der Waals surface area contributed by atoms with Crippen molar-refractivity contribution in [2.24, 2.45) is 0 Å². The first-order valence-corrected chi connectivity index (χ1v) is 11.6. The smallest absolute Gasteiger partial charge is 0.250 e. The van der Waals surface area contributed by atoms with Crippen LogP contribution >= 0.6 is 0 Å². The van der Waals surface area contributed by atoms with Crippen molar-refractivity contribution in [3.8, 4) is 11.5 Å². The second-order valence-corrected chi connectivity index (χ2v) is 8.74. The molecule has 1 saturated heterocycles. The Hall–Kier alpha value is -2.24. The third-order valence-electron chi connectivity index (χ3n) is 6.93. The molecule has 1 aliphatic heterocycles. The van der Waals surface area contributed by atoms with Crippen molar-refractivity contribution in [1.82, 2.24) is 9.80 Å². The van der Waals surface area contributed by atoms with Crippen LogP contribution in [0.1, 0.15) is 76.3 Å². The number of hydrogen-bond donors (Lipinski definition) is 0. The molecule has 1 aromatic rings. The Morgan fingerprint density at radius 1 is 0.933 bits per heavy atom. The fraction of sp³-hybridized carbons (Fsp3) is 0.667. The molecular weight excluding hydrogens is 380 g/mol. The quantitative estimate of drug-likeness (QED) is 0.704. The molecule has 2 saturated carbocycles. The van der Waals surface area contributed by atoms with E-state index in [0.717, 1.165) is 56.9 Å². The van der Waals surface area contributed by atoms with Gasteiger partial charge in [-0.25, -0.2) is 0 Å². The number of hydrogen-bond acceptors (Lipinski definition) is 4. The molecule has 2 amide bonds. The van der Waals surface area contributed by atoms with E-state index in [0.29, 0.717) is 18.1 Å². The summed E-state index contributed by atoms with van der Waals surface area (Å²) in [5, 5.41) is 0. The van der Waals surface area contributed by atoms with E-state index in [1.165, 1.54) is 6.42 Å². The van der Waals surface area contributed by atoms with Gasteiger partial charge in [-0.3, -0.25) is 9.59 Å². The minimum atomic E-state index is -0.569. The zero-order valence-electron chi connectivity index (χ0n) is 18.3. The summed E-state index contributed by atoms with van der Waals surface area (Å²) in [6.45, 7) is 2.70. The van der Waals surface area contributed by atoms with E-state index in [9.17, 15) is 9.59 Å². The maximum absolute atomic E-state index is 13.8. The van der Waals surface area contributed by atoms with E-state index in [1.54, 1.807) is 7.11 Å². The molecule has 0 radical (unpaired) electrons. The van der Waals surface area contributed by atoms with Gasteiger partial charge in [0.2, 0.25) is 5.91 Å². The van der Waals surface area contributed by atoms with Crippen molar-refractivity contribution >= 4 is 11.8 Å². The molecule has 6 heteroatoms. The third-order valence-corrected chi connectivity index (χ3v) is 6.93. The van der Waals surface area contributed by atoms with Crippen LogP contribution in [-0.2, 0) is 9.59 Å². The summed E-state index contributed by atoms with van der Waals surface area (Å²) in [7, 11) is 1.61. The van der Waals surface area contributed by atoms with Crippen molar-refractivity contribution in [2.75, 3.05) is 20.3 Å². The molecule has 0 spiro atoms. The van der Waals surface area contributed by atoms with Crippen molar-refractivity contribution in [3.63, 3.8) is 0 Å². The first-order chi connectivity index (χ1) is 14.6. The van der Waals surface area contributed by atoms with Crippen molar-refractivity contribution in [2.45, 2.75) is 82.8 Å². The second kappa shape index (κ2) is 9.27. The van der Waals surface area contributed by atoms with Gasteiger partial charge in [-0.05, 0) is 50.3 Å². The number of benzene rings is 1. The maximum atomic E-state index is 13.8. The first-order valence-electron chi connectivity index (χ1n) is 11.6. The molecule has 0 aromatic heterocycles. The molecule has 2 aliphatic carbocycles. The Bertz CT molecular complexity index is 768. The normalized spacial score (nSPS) is 23.9. The number of carbonyl (C=O) groups excluding carboxylic acids is 2. The lowest BCUT2D eigenvalue weighted by molar-refractivity contribution is -0.161. The van der Waals surface area contributed by atoms with Crippen LogP contribution in [0, 0.1) is 0 Å². The van der Waals surface area contributed by atoms with Crippen LogP contribution < -0.4 is 9.47 Å². The molecule has 1 atom stereocenters. The van der Waals surface area contributed by atoms with Gasteiger partial charge >= 0.3 is 0 Å². The van der Waals surface area contributed by atoms with Crippen molar-refractivity contribution in [1.29, 1.82) is 0 Å². The highest BCUT2D eigenvalue weighted by Crippen LogP contribution is 2.39. The Kier molecular flexibility index (Phi) is 6.49. The fourth-order valence-corrected chi connectivity index (χ4v) is 5.46. The van der Waals surface area contributed by atoms with E-state index in [2.05, 4.69) is 0 Å². The first kappa shape index (κ1) is 21.0. The number of nitrogens with zero attached hydrogens (tertiary/aromatic N) is 2. The van der Waals surface area contributed by atoms with Gasteiger partial charge in [-0.15, -0.1) is 0 Å². The number of methoxy groups -OCH3 is 1. The number of carbonyl (C=O) groups is 2. The zero-order chi connectivity index (χ0) is 21.1. The van der Waals surface area contributed by atoms with Crippen LogP contribution in [0.15, 0.2) is 18.2 Å². The average Bonchev–Trinajstić information content (AvgIpc) is 3.30. The Morgan fingerprint density at radius 2 is 1.60 bits per heavy atom. The van der Waals surface area contributed by atoms with E-state index in [1.807, 2.05) is 34.9 Å². The van der Waals surface area contributed by atoms with Crippen LogP contribution in [0.5, 0.6) is 11.5 Å². The molecule has 3 aliphatic rings. The summed E-state index contributed by atoms with van der Waals surface area (Å²) in [5.41, 5.74) is 0.820. The number of rotatable bonds is 6. The summed E-state index contributed by atoms with van der Waals surface area (Å²) >= 11 is 0. The van der Waals surface area contributed by atoms with Crippen LogP contribution in [0.25, 0.3) is 0 Å². The van der Waals surface area contributed by atoms with E-state index in [4.69, 9.17) is 9.47 Å². The molecule has 1 heterocycles. The van der Waals surface area contributed by atoms with E-state index in [-0.39, 0.29) is 30.4 Å². The highest BCUT2D eigenvalue weighted by Gasteiger charge is 2.46. The fourth-order valence-electron chi connectivity index (χ4n) is 5.46. The van der Waals surface area contributed by atoms with Gasteiger partial charge in [0.1, 0.15) is 12.6 Å². The molecule has 4 rings (SSSR count). The average molecular weight is 415 g/mol. The summed E-state index contributed by atoms with van der Waals surface area (Å²) < 4.78 is 11.2. The second-order valence-electron chi connectivity index (χ2n) is 8.74. The Morgan fingerprint density at radius 3 is 2.27 bits per heavy atom. The predicted molar refractivity (Wildman–Crippen MR) is 115 cm³/mol. The lowest BCUT2D eigenvalue weighted by atomic mass is 9.91. The molecule has 0 bridgehead atoms. The molecule has 3 fully saturated rings. The maximum Gasteiger partial charge on any atom is 0.250 e. The SMILES string of the molecule is CCOc1ccc([C@H]2C(=O)N(C3CCCCC3)CC(=O)N2C2CCCC2)cc1OC. The van der Waals surface area contributed by atoms with Crippen LogP contribution in [0.3, 0.4) is 0 Å². The van der Waals surface area contributed by atoms with Crippen LogP contribution in [-0.4, -0.2) is 54.0 Å². The lowest BCUT2D eigenvalue weighted by Crippen LogP contribution is -2.60. The summed E-state index contributed by atoms with van der Waals surface area (Å²) in [5.74, 6) is 1.43. The molecular formula is C24H34N2O4. The molecule has 6 nitrogen and oxygen atoms in total. The van der Waals surface area contributed by atoms with Crippen molar-refractivity contribution < 1.29 is 19.1 Å². The highest BCUT2D eigenvalue weighted by atomic mass is 16.5. The molecule has 0 unspecified atom stereocenters. The molecule has 30 heavy (non-hydrogen) atoms. The van der Waals surface area contributed by atoms with Crippen LogP contribution in [0.4, 0.5) is 0 Å². The molecule has 0 N–H and O–H groups in total. The minimum absolute atomic E-state index is 0.0691. The van der Waals surface area contributed by atoms with Crippen molar-refractivity contribution in [3.05, 3.63) is 23.8 Å². The largest absolute Gasteiger partial charge is 0.493 e. The van der Waals surface area contributed by atoms with Gasteiger partial charge in [0, 0.05) is 12.1 Å². The number of piperazine rings is 1. The lowest BCUT2D eigenvalue weighted by Gasteiger charge is -2.46. The predicted octanol–water partition coefficient (Wildman–Crippen LogP) is 4.08. The Labute approximate surface area is 179 Å². The zero-order valence-corrected chi connectivity index (χ0v) is 18.3. The third kappa shape index (κ3) is 4.01. The molecule has 164 valence electrons. The van der Waals surface area contributed by atoms with Gasteiger partial charge in [0.25, 0.3) is 5.91 Å². The van der Waals surface area contributed by atoms with E-state index < -0.39 is 6.04 Å².